The fourth-order valence-electron chi connectivity index (χ4n) is 4.92. The van der Waals surface area contributed by atoms with Crippen LogP contribution >= 0.6 is 15.9 Å². The smallest absolute Gasteiger partial charge is 0.473 e. The maximum atomic E-state index is 14.6. The van der Waals surface area contributed by atoms with E-state index < -0.39 is 36.6 Å². The normalized spacial score (nSPS) is 17.0. The van der Waals surface area contributed by atoms with Crippen LogP contribution in [0.3, 0.4) is 0 Å². The Hall–Kier alpha value is -3.88. The lowest BCUT2D eigenvalue weighted by atomic mass is 9.83. The Kier molecular flexibility index (Phi) is 8.07. The second-order valence-electron chi connectivity index (χ2n) is 9.27. The zero-order valence-electron chi connectivity index (χ0n) is 21.0. The summed E-state index contributed by atoms with van der Waals surface area (Å²) in [5, 5.41) is 16.8. The number of alkyl halides is 3. The second kappa shape index (κ2) is 11.5. The van der Waals surface area contributed by atoms with Crippen LogP contribution in [-0.4, -0.2) is 44.4 Å². The summed E-state index contributed by atoms with van der Waals surface area (Å²) in [5.74, 6) is -0.890. The van der Waals surface area contributed by atoms with Crippen LogP contribution in [0.2, 0.25) is 0 Å². The molecule has 0 saturated carbocycles. The van der Waals surface area contributed by atoms with Gasteiger partial charge in [0.2, 0.25) is 6.41 Å². The van der Waals surface area contributed by atoms with Crippen LogP contribution in [0, 0.1) is 5.82 Å². The van der Waals surface area contributed by atoms with Gasteiger partial charge in [0.05, 0.1) is 42.4 Å². The first-order valence-corrected chi connectivity index (χ1v) is 13.0. The van der Waals surface area contributed by atoms with Crippen LogP contribution in [0.5, 0.6) is 0 Å². The van der Waals surface area contributed by atoms with E-state index in [1.165, 1.54) is 52.7 Å². The molecule has 2 N–H and O–H groups in total. The van der Waals surface area contributed by atoms with Crippen molar-refractivity contribution in [1.29, 1.82) is 0 Å². The third kappa shape index (κ3) is 5.67. The monoisotopic (exact) mass is 633 g/mol. The Morgan fingerprint density at radius 3 is 2.39 bits per heavy atom. The van der Waals surface area contributed by atoms with Crippen molar-refractivity contribution in [1.82, 2.24) is 14.3 Å². The topological polar surface area (TPSA) is 104 Å². The third-order valence-electron chi connectivity index (χ3n) is 6.84. The molecule has 0 spiro atoms. The van der Waals surface area contributed by atoms with Crippen molar-refractivity contribution in [3.05, 3.63) is 101 Å². The average Bonchev–Trinajstić information content (AvgIpc) is 3.75. The number of amides is 1. The summed E-state index contributed by atoms with van der Waals surface area (Å²) in [6, 6.07) is 9.55. The Morgan fingerprint density at radius 1 is 1.07 bits per heavy atom. The van der Waals surface area contributed by atoms with Gasteiger partial charge in [0.15, 0.2) is 0 Å². The van der Waals surface area contributed by atoms with Gasteiger partial charge >= 0.3 is 13.3 Å². The van der Waals surface area contributed by atoms with E-state index in [-0.39, 0.29) is 21.5 Å². The van der Waals surface area contributed by atoms with E-state index in [4.69, 9.17) is 14.5 Å². The van der Waals surface area contributed by atoms with E-state index in [1.54, 1.807) is 24.3 Å². The minimum atomic E-state index is -4.67. The van der Waals surface area contributed by atoms with E-state index in [9.17, 15) is 22.4 Å². The predicted octanol–water partition coefficient (Wildman–Crippen LogP) is 5.16. The SMILES string of the molecule is O=CN1CCC(c2ccccc2F)C1c1nc2c(C(F)(F)F)cc(-c3ccoc3)cn2c1Br.OB(O)c1ccoc1. The molecule has 0 aliphatic carbocycles. The summed E-state index contributed by atoms with van der Waals surface area (Å²) in [5.41, 5.74) is 0.549. The molecule has 212 valence electrons. The van der Waals surface area contributed by atoms with Crippen molar-refractivity contribution in [3.63, 3.8) is 0 Å². The van der Waals surface area contributed by atoms with Gasteiger partial charge in [-0.15, -0.1) is 0 Å². The molecule has 0 radical (unpaired) electrons. The molecule has 8 nitrogen and oxygen atoms in total. The van der Waals surface area contributed by atoms with E-state index in [0.29, 0.717) is 36.0 Å². The van der Waals surface area contributed by atoms with Crippen molar-refractivity contribution in [2.75, 3.05) is 6.54 Å². The first-order valence-electron chi connectivity index (χ1n) is 12.2. The number of pyridine rings is 1. The number of imidazole rings is 1. The van der Waals surface area contributed by atoms with Gasteiger partial charge in [0, 0.05) is 35.2 Å². The molecule has 1 fully saturated rings. The minimum Gasteiger partial charge on any atom is -0.473 e. The standard InChI is InChI=1S/C23H16BrF4N3O2.C4H5BO3/c24-21-19(20-16(5-7-30(20)12-32)15-3-1-2-4-18(15)25)29-22-17(23(26,27)28)9-14(10-31(21)22)13-6-8-33-11-13;6-5(7)4-1-2-8-3-4/h1-4,6,8-12,16,20H,5,7H2;1-3,6-7H. The summed E-state index contributed by atoms with van der Waals surface area (Å²) >= 11 is 3.41. The van der Waals surface area contributed by atoms with Gasteiger partial charge in [0.25, 0.3) is 0 Å². The Morgan fingerprint density at radius 2 is 1.80 bits per heavy atom. The van der Waals surface area contributed by atoms with Crippen molar-refractivity contribution in [2.45, 2.75) is 24.6 Å². The molecule has 1 aliphatic rings. The predicted molar refractivity (Wildman–Crippen MR) is 143 cm³/mol. The molecular formula is C27H21BBrF4N3O5. The number of hydrogen-bond donors (Lipinski definition) is 2. The molecular weight excluding hydrogens is 613 g/mol. The molecule has 2 atom stereocenters. The Balaban J connectivity index is 0.000000365. The molecule has 1 aliphatic heterocycles. The molecule has 41 heavy (non-hydrogen) atoms. The van der Waals surface area contributed by atoms with Crippen LogP contribution in [-0.2, 0) is 11.0 Å². The summed E-state index contributed by atoms with van der Waals surface area (Å²) in [7, 11) is -1.41. The van der Waals surface area contributed by atoms with Crippen molar-refractivity contribution in [3.8, 4) is 11.1 Å². The number of hydrogen-bond acceptors (Lipinski definition) is 6. The number of carbonyl (C=O) groups is 1. The zero-order chi connectivity index (χ0) is 29.3. The van der Waals surface area contributed by atoms with Gasteiger partial charge in [-0.3, -0.25) is 9.20 Å². The van der Waals surface area contributed by atoms with Gasteiger partial charge in [0.1, 0.15) is 16.1 Å². The molecule has 5 aromatic rings. The first-order chi connectivity index (χ1) is 19.6. The first kappa shape index (κ1) is 28.6. The summed E-state index contributed by atoms with van der Waals surface area (Å²) in [4.78, 5) is 17.6. The number of rotatable bonds is 5. The molecule has 1 aromatic carbocycles. The van der Waals surface area contributed by atoms with Crippen molar-refractivity contribution < 1.29 is 41.2 Å². The van der Waals surface area contributed by atoms with E-state index in [2.05, 4.69) is 25.3 Å². The number of furan rings is 2. The lowest BCUT2D eigenvalue weighted by Crippen LogP contribution is -2.27. The second-order valence-corrected chi connectivity index (χ2v) is 10.0. The number of aromatic nitrogens is 2. The molecule has 0 bridgehead atoms. The minimum absolute atomic E-state index is 0.239. The largest absolute Gasteiger partial charge is 0.491 e. The van der Waals surface area contributed by atoms with Crippen LogP contribution in [0.15, 0.2) is 87.2 Å². The number of halogens is 5. The van der Waals surface area contributed by atoms with Gasteiger partial charge in [-0.25, -0.2) is 9.37 Å². The number of nitrogens with zero attached hydrogens (tertiary/aromatic N) is 3. The third-order valence-corrected chi connectivity index (χ3v) is 7.63. The van der Waals surface area contributed by atoms with Crippen LogP contribution in [0.25, 0.3) is 16.8 Å². The summed E-state index contributed by atoms with van der Waals surface area (Å²) in [6.07, 6.45) is 3.33. The highest BCUT2D eigenvalue weighted by Crippen LogP contribution is 2.47. The summed E-state index contributed by atoms with van der Waals surface area (Å²) in [6.45, 7) is 0.333. The Labute approximate surface area is 239 Å². The summed E-state index contributed by atoms with van der Waals surface area (Å²) < 4.78 is 67.7. The van der Waals surface area contributed by atoms with Crippen molar-refractivity contribution in [2.24, 2.45) is 0 Å². The van der Waals surface area contributed by atoms with E-state index in [0.717, 1.165) is 6.07 Å². The average molecular weight is 634 g/mol. The fourth-order valence-corrected chi connectivity index (χ4v) is 5.52. The van der Waals surface area contributed by atoms with Gasteiger partial charge < -0.3 is 23.8 Å². The highest BCUT2D eigenvalue weighted by molar-refractivity contribution is 9.10. The van der Waals surface area contributed by atoms with Gasteiger partial charge in [-0.2, -0.15) is 13.2 Å². The quantitative estimate of drug-likeness (QED) is 0.157. The van der Waals surface area contributed by atoms with Crippen LogP contribution < -0.4 is 5.46 Å². The molecule has 2 unspecified atom stereocenters. The van der Waals surface area contributed by atoms with Gasteiger partial charge in [-0.1, -0.05) is 18.2 Å². The zero-order valence-corrected chi connectivity index (χ0v) is 22.6. The maximum Gasteiger partial charge on any atom is 0.491 e. The highest BCUT2D eigenvalue weighted by atomic mass is 79.9. The number of likely N-dealkylation sites (tertiary alicyclic amines) is 1. The molecule has 4 aromatic heterocycles. The molecule has 5 heterocycles. The number of fused-ring (bicyclic) bond motifs is 1. The molecule has 1 amide bonds. The lowest BCUT2D eigenvalue weighted by molar-refractivity contribution is -0.136. The Bertz CT molecular complexity index is 1640. The molecule has 6 rings (SSSR count). The maximum absolute atomic E-state index is 14.6. The molecule has 14 heteroatoms. The molecule has 1 saturated heterocycles. The lowest BCUT2D eigenvalue weighted by Gasteiger charge is -2.24. The number of benzene rings is 1. The number of carbonyl (C=O) groups excluding carboxylic acids is 1. The van der Waals surface area contributed by atoms with E-state index >= 15 is 0 Å². The van der Waals surface area contributed by atoms with Gasteiger partial charge in [-0.05, 0) is 52.2 Å². The van der Waals surface area contributed by atoms with Crippen molar-refractivity contribution >= 4 is 40.6 Å². The van der Waals surface area contributed by atoms with E-state index in [1.807, 2.05) is 0 Å². The van der Waals surface area contributed by atoms with Crippen LogP contribution in [0.1, 0.15) is 35.2 Å². The highest BCUT2D eigenvalue weighted by Gasteiger charge is 2.42. The fraction of sp³-hybridized carbons (Fsp3) is 0.185. The van der Waals surface area contributed by atoms with Crippen LogP contribution in [0.4, 0.5) is 17.6 Å².